The molecule has 2 rings (SSSR count). The van der Waals surface area contributed by atoms with E-state index >= 15 is 0 Å². The van der Waals surface area contributed by atoms with Crippen molar-refractivity contribution < 1.29 is 4.74 Å². The lowest BCUT2D eigenvalue weighted by Crippen LogP contribution is -2.29. The molecule has 0 spiro atoms. The van der Waals surface area contributed by atoms with Gasteiger partial charge in [-0.3, -0.25) is 4.90 Å². The number of pyridine rings is 1. The van der Waals surface area contributed by atoms with Gasteiger partial charge in [0.15, 0.2) is 0 Å². The van der Waals surface area contributed by atoms with E-state index in [1.54, 1.807) is 0 Å². The quantitative estimate of drug-likeness (QED) is 0.801. The number of hydrogen-bond donors (Lipinski definition) is 0. The molecule has 94 valence electrons. The lowest BCUT2D eigenvalue weighted by molar-refractivity contribution is 0.212. The number of hydrogen-bond acceptors (Lipinski definition) is 3. The molecule has 3 nitrogen and oxygen atoms in total. The van der Waals surface area contributed by atoms with Gasteiger partial charge in [-0.1, -0.05) is 12.5 Å². The highest BCUT2D eigenvalue weighted by Gasteiger charge is 2.11. The first-order valence-electron chi connectivity index (χ1n) is 6.59. The monoisotopic (exact) mass is 234 g/mol. The third-order valence-corrected chi connectivity index (χ3v) is 2.97. The van der Waals surface area contributed by atoms with Crippen LogP contribution in [0.15, 0.2) is 18.2 Å². The van der Waals surface area contributed by atoms with Crippen LogP contribution in [0.5, 0.6) is 5.88 Å². The third kappa shape index (κ3) is 4.00. The predicted octanol–water partition coefficient (Wildman–Crippen LogP) is 2.85. The van der Waals surface area contributed by atoms with E-state index in [1.165, 1.54) is 32.4 Å². The Kier molecular flexibility index (Phi) is 4.37. The summed E-state index contributed by atoms with van der Waals surface area (Å²) in [6.45, 7) is 7.42. The minimum Gasteiger partial charge on any atom is -0.475 e. The normalized spacial score (nSPS) is 17.4. The first-order chi connectivity index (χ1) is 8.24. The van der Waals surface area contributed by atoms with Crippen LogP contribution in [0.2, 0.25) is 0 Å². The Balaban J connectivity index is 1.95. The average Bonchev–Trinajstić information content (AvgIpc) is 2.30. The van der Waals surface area contributed by atoms with E-state index < -0.39 is 0 Å². The summed E-state index contributed by atoms with van der Waals surface area (Å²) < 4.78 is 5.61. The molecule has 0 radical (unpaired) electrons. The molecule has 1 aromatic rings. The molecule has 0 saturated carbocycles. The van der Waals surface area contributed by atoms with Gasteiger partial charge < -0.3 is 4.74 Å². The Labute approximate surface area is 104 Å². The van der Waals surface area contributed by atoms with E-state index in [-0.39, 0.29) is 6.10 Å². The molecule has 17 heavy (non-hydrogen) atoms. The maximum absolute atomic E-state index is 5.61. The molecular weight excluding hydrogens is 212 g/mol. The second-order valence-electron chi connectivity index (χ2n) is 4.97. The van der Waals surface area contributed by atoms with E-state index in [1.807, 2.05) is 26.0 Å². The molecule has 0 amide bonds. The molecule has 0 atom stereocenters. The molecule has 0 unspecified atom stereocenters. The van der Waals surface area contributed by atoms with Crippen LogP contribution in [-0.2, 0) is 6.54 Å². The number of piperidine rings is 1. The number of rotatable bonds is 4. The van der Waals surface area contributed by atoms with Crippen molar-refractivity contribution in [3.8, 4) is 5.88 Å². The zero-order chi connectivity index (χ0) is 12.1. The van der Waals surface area contributed by atoms with E-state index in [0.29, 0.717) is 0 Å². The van der Waals surface area contributed by atoms with Crippen LogP contribution in [0, 0.1) is 0 Å². The largest absolute Gasteiger partial charge is 0.475 e. The third-order valence-electron chi connectivity index (χ3n) is 2.97. The van der Waals surface area contributed by atoms with Gasteiger partial charge in [0.2, 0.25) is 5.88 Å². The zero-order valence-corrected chi connectivity index (χ0v) is 10.9. The minimum atomic E-state index is 0.188. The van der Waals surface area contributed by atoms with Gasteiger partial charge in [0, 0.05) is 12.6 Å². The van der Waals surface area contributed by atoms with Crippen LogP contribution in [0.1, 0.15) is 38.8 Å². The summed E-state index contributed by atoms with van der Waals surface area (Å²) in [6.07, 6.45) is 4.21. The Morgan fingerprint density at radius 1 is 1.24 bits per heavy atom. The van der Waals surface area contributed by atoms with Crippen LogP contribution in [0.4, 0.5) is 0 Å². The second kappa shape index (κ2) is 6.01. The molecule has 3 heteroatoms. The molecule has 1 aromatic heterocycles. The maximum Gasteiger partial charge on any atom is 0.213 e. The van der Waals surface area contributed by atoms with Gasteiger partial charge >= 0.3 is 0 Å². The van der Waals surface area contributed by atoms with Crippen molar-refractivity contribution in [3.05, 3.63) is 23.9 Å². The summed E-state index contributed by atoms with van der Waals surface area (Å²) in [4.78, 5) is 7.02. The Bertz CT molecular complexity index is 346. The molecular formula is C14H22N2O. The Morgan fingerprint density at radius 3 is 2.71 bits per heavy atom. The molecule has 0 bridgehead atoms. The Morgan fingerprint density at radius 2 is 2.00 bits per heavy atom. The van der Waals surface area contributed by atoms with Crippen molar-refractivity contribution in [2.75, 3.05) is 13.1 Å². The fourth-order valence-electron chi connectivity index (χ4n) is 2.20. The van der Waals surface area contributed by atoms with Gasteiger partial charge in [-0.25, -0.2) is 4.98 Å². The maximum atomic E-state index is 5.61. The summed E-state index contributed by atoms with van der Waals surface area (Å²) in [5.41, 5.74) is 1.12. The molecule has 1 aliphatic rings. The van der Waals surface area contributed by atoms with Crippen LogP contribution in [-0.4, -0.2) is 29.1 Å². The number of likely N-dealkylation sites (tertiary alicyclic amines) is 1. The van der Waals surface area contributed by atoms with Crippen molar-refractivity contribution in [1.29, 1.82) is 0 Å². The van der Waals surface area contributed by atoms with Gasteiger partial charge in [-0.05, 0) is 45.8 Å². The minimum absolute atomic E-state index is 0.188. The average molecular weight is 234 g/mol. The van der Waals surface area contributed by atoms with Crippen molar-refractivity contribution >= 4 is 0 Å². The van der Waals surface area contributed by atoms with Crippen molar-refractivity contribution in [2.24, 2.45) is 0 Å². The first kappa shape index (κ1) is 12.4. The SMILES string of the molecule is CC(C)Oc1cccc(CN2CCCCC2)n1. The number of aromatic nitrogens is 1. The summed E-state index contributed by atoms with van der Waals surface area (Å²) in [6, 6.07) is 6.05. The van der Waals surface area contributed by atoms with Crippen LogP contribution in [0.25, 0.3) is 0 Å². The van der Waals surface area contributed by atoms with Crippen LogP contribution >= 0.6 is 0 Å². The number of ether oxygens (including phenoxy) is 1. The fourth-order valence-corrected chi connectivity index (χ4v) is 2.20. The standard InChI is InChI=1S/C14H22N2O/c1-12(2)17-14-8-6-7-13(15-14)11-16-9-4-3-5-10-16/h6-8,12H,3-5,9-11H2,1-2H3. The van der Waals surface area contributed by atoms with Gasteiger partial charge in [-0.15, -0.1) is 0 Å². The lowest BCUT2D eigenvalue weighted by atomic mass is 10.1. The van der Waals surface area contributed by atoms with E-state index in [2.05, 4.69) is 16.0 Å². The smallest absolute Gasteiger partial charge is 0.213 e. The van der Waals surface area contributed by atoms with Gasteiger partial charge in [0.25, 0.3) is 0 Å². The molecule has 2 heterocycles. The first-order valence-corrected chi connectivity index (χ1v) is 6.59. The summed E-state index contributed by atoms with van der Waals surface area (Å²) in [5.74, 6) is 0.745. The molecule has 0 aliphatic carbocycles. The molecule has 1 aliphatic heterocycles. The molecule has 1 saturated heterocycles. The van der Waals surface area contributed by atoms with Gasteiger partial charge in [0.05, 0.1) is 11.8 Å². The highest BCUT2D eigenvalue weighted by Crippen LogP contribution is 2.14. The molecule has 1 fully saturated rings. The Hall–Kier alpha value is -1.09. The summed E-state index contributed by atoms with van der Waals surface area (Å²) in [5, 5.41) is 0. The predicted molar refractivity (Wildman–Crippen MR) is 69.1 cm³/mol. The van der Waals surface area contributed by atoms with Gasteiger partial charge in [-0.2, -0.15) is 0 Å². The molecule has 0 N–H and O–H groups in total. The van der Waals surface area contributed by atoms with Crippen molar-refractivity contribution in [2.45, 2.75) is 45.8 Å². The highest BCUT2D eigenvalue weighted by atomic mass is 16.5. The zero-order valence-electron chi connectivity index (χ0n) is 10.9. The van der Waals surface area contributed by atoms with E-state index in [4.69, 9.17) is 4.74 Å². The van der Waals surface area contributed by atoms with Crippen molar-refractivity contribution in [3.63, 3.8) is 0 Å². The van der Waals surface area contributed by atoms with Crippen molar-refractivity contribution in [1.82, 2.24) is 9.88 Å². The summed E-state index contributed by atoms with van der Waals surface area (Å²) in [7, 11) is 0. The van der Waals surface area contributed by atoms with Gasteiger partial charge in [0.1, 0.15) is 0 Å². The topological polar surface area (TPSA) is 25.4 Å². The molecule has 0 aromatic carbocycles. The summed E-state index contributed by atoms with van der Waals surface area (Å²) >= 11 is 0. The second-order valence-corrected chi connectivity index (χ2v) is 4.97. The fraction of sp³-hybridized carbons (Fsp3) is 0.643. The number of nitrogens with zero attached hydrogens (tertiary/aromatic N) is 2. The van der Waals surface area contributed by atoms with E-state index in [9.17, 15) is 0 Å². The van der Waals surface area contributed by atoms with E-state index in [0.717, 1.165) is 18.1 Å². The van der Waals surface area contributed by atoms with Crippen LogP contribution in [0.3, 0.4) is 0 Å². The lowest BCUT2D eigenvalue weighted by Gasteiger charge is -2.26. The van der Waals surface area contributed by atoms with Crippen LogP contribution < -0.4 is 4.74 Å². The highest BCUT2D eigenvalue weighted by molar-refractivity contribution is 5.16.